The highest BCUT2D eigenvalue weighted by Gasteiger charge is 2.41. The molecule has 0 aromatic heterocycles. The lowest BCUT2D eigenvalue weighted by molar-refractivity contribution is -0.144. The number of hydrogen-bond donors (Lipinski definition) is 2. The Morgan fingerprint density at radius 2 is 2.10 bits per heavy atom. The summed E-state index contributed by atoms with van der Waals surface area (Å²) in [4.78, 5) is 11.8. The number of carboxylic acid groups (broad SMARTS) is 1. The largest absolute Gasteiger partial charge is 0.480 e. The van der Waals surface area contributed by atoms with E-state index in [4.69, 9.17) is 0 Å². The molecule has 0 bridgehead atoms. The molecular formula is C14H19NO4S. The van der Waals surface area contributed by atoms with Crippen molar-refractivity contribution in [3.8, 4) is 0 Å². The summed E-state index contributed by atoms with van der Waals surface area (Å²) in [6.45, 7) is 3.51. The number of nitrogens with one attached hydrogen (secondary N) is 1. The minimum atomic E-state index is -3.32. The van der Waals surface area contributed by atoms with Gasteiger partial charge in [0.05, 0.1) is 10.6 Å². The molecule has 0 saturated heterocycles. The van der Waals surface area contributed by atoms with Crippen molar-refractivity contribution >= 4 is 15.8 Å². The Morgan fingerprint density at radius 1 is 1.45 bits per heavy atom. The Bertz CT molecular complexity index is 626. The first-order valence-electron chi connectivity index (χ1n) is 6.63. The van der Waals surface area contributed by atoms with E-state index >= 15 is 0 Å². The summed E-state index contributed by atoms with van der Waals surface area (Å²) in [6, 6.07) is 6.30. The predicted molar refractivity (Wildman–Crippen MR) is 75.3 cm³/mol. The van der Waals surface area contributed by atoms with Crippen molar-refractivity contribution in [2.75, 3.05) is 5.75 Å². The van der Waals surface area contributed by atoms with Gasteiger partial charge < -0.3 is 5.11 Å². The van der Waals surface area contributed by atoms with Crippen molar-refractivity contribution in [2.24, 2.45) is 0 Å². The summed E-state index contributed by atoms with van der Waals surface area (Å²) in [7, 11) is -3.32. The van der Waals surface area contributed by atoms with E-state index in [1.807, 2.05) is 6.92 Å². The van der Waals surface area contributed by atoms with Crippen LogP contribution in [0.3, 0.4) is 0 Å². The molecule has 20 heavy (non-hydrogen) atoms. The molecule has 2 atom stereocenters. The molecule has 1 aliphatic rings. The fraction of sp³-hybridized carbons (Fsp3) is 0.500. The van der Waals surface area contributed by atoms with E-state index in [-0.39, 0.29) is 5.75 Å². The van der Waals surface area contributed by atoms with E-state index in [0.717, 1.165) is 0 Å². The Hall–Kier alpha value is -1.40. The number of hydrogen-bond acceptors (Lipinski definition) is 4. The normalized spacial score (nSPS) is 23.0. The van der Waals surface area contributed by atoms with Crippen molar-refractivity contribution in [3.63, 3.8) is 0 Å². The van der Waals surface area contributed by atoms with Gasteiger partial charge in [0.25, 0.3) is 0 Å². The number of fused-ring (bicyclic) bond motifs is 1. The summed E-state index contributed by atoms with van der Waals surface area (Å²) in [5, 5.41) is 12.4. The van der Waals surface area contributed by atoms with Gasteiger partial charge in [0.2, 0.25) is 0 Å². The first-order valence-corrected chi connectivity index (χ1v) is 8.28. The molecule has 1 aliphatic heterocycles. The molecule has 1 aromatic rings. The van der Waals surface area contributed by atoms with Gasteiger partial charge >= 0.3 is 5.97 Å². The second-order valence-electron chi connectivity index (χ2n) is 5.40. The second kappa shape index (κ2) is 5.18. The molecule has 0 fully saturated rings. The molecular weight excluding hydrogens is 278 g/mol. The smallest absolute Gasteiger partial charge is 0.323 e. The molecule has 5 nitrogen and oxygen atoms in total. The van der Waals surface area contributed by atoms with E-state index in [2.05, 4.69) is 5.32 Å². The lowest BCUT2D eigenvalue weighted by Crippen LogP contribution is -2.51. The molecule has 1 aromatic carbocycles. The molecule has 0 aliphatic carbocycles. The molecule has 0 amide bonds. The van der Waals surface area contributed by atoms with Crippen LogP contribution in [-0.2, 0) is 14.6 Å². The maximum absolute atomic E-state index is 12.1. The first kappa shape index (κ1) is 15.0. The Labute approximate surface area is 118 Å². The Kier molecular flexibility index (Phi) is 3.88. The third-order valence-corrected chi connectivity index (χ3v) is 5.54. The van der Waals surface area contributed by atoms with Crippen LogP contribution >= 0.6 is 0 Å². The molecule has 6 heteroatoms. The quantitative estimate of drug-likeness (QED) is 0.865. The summed E-state index contributed by atoms with van der Waals surface area (Å²) in [5.74, 6) is -1.04. The van der Waals surface area contributed by atoms with Crippen LogP contribution < -0.4 is 5.32 Å². The number of sulfone groups is 1. The Morgan fingerprint density at radius 3 is 2.70 bits per heavy atom. The van der Waals surface area contributed by atoms with Gasteiger partial charge in [-0.3, -0.25) is 10.1 Å². The lowest BCUT2D eigenvalue weighted by Gasteiger charge is -2.29. The van der Waals surface area contributed by atoms with Crippen molar-refractivity contribution in [2.45, 2.75) is 43.2 Å². The lowest BCUT2D eigenvalue weighted by atomic mass is 9.94. The number of carboxylic acids is 1. The maximum atomic E-state index is 12.1. The van der Waals surface area contributed by atoms with Crippen LogP contribution in [0.25, 0.3) is 0 Å². The van der Waals surface area contributed by atoms with Crippen LogP contribution in [0.1, 0.15) is 38.3 Å². The molecule has 110 valence electrons. The van der Waals surface area contributed by atoms with Crippen LogP contribution in [0.4, 0.5) is 0 Å². The average Bonchev–Trinajstić information content (AvgIpc) is 2.62. The highest BCUT2D eigenvalue weighted by molar-refractivity contribution is 7.91. The fourth-order valence-corrected chi connectivity index (χ4v) is 4.43. The van der Waals surface area contributed by atoms with E-state index in [9.17, 15) is 18.3 Å². The van der Waals surface area contributed by atoms with E-state index in [1.54, 1.807) is 31.2 Å². The third kappa shape index (κ3) is 2.58. The van der Waals surface area contributed by atoms with Gasteiger partial charge in [-0.05, 0) is 25.0 Å². The second-order valence-corrected chi connectivity index (χ2v) is 7.41. The molecule has 2 rings (SSSR count). The highest BCUT2D eigenvalue weighted by Crippen LogP contribution is 2.34. The molecule has 0 spiro atoms. The van der Waals surface area contributed by atoms with Crippen LogP contribution in [0.15, 0.2) is 29.2 Å². The Balaban J connectivity index is 2.35. The van der Waals surface area contributed by atoms with E-state index in [0.29, 0.717) is 23.3 Å². The van der Waals surface area contributed by atoms with Crippen molar-refractivity contribution < 1.29 is 18.3 Å². The topological polar surface area (TPSA) is 83.5 Å². The van der Waals surface area contributed by atoms with Crippen LogP contribution in [0.5, 0.6) is 0 Å². The van der Waals surface area contributed by atoms with Crippen molar-refractivity contribution in [3.05, 3.63) is 29.8 Å². The SMILES string of the molecule is CCCC(C)(NC1CS(=O)(=O)c2ccccc21)C(=O)O. The van der Waals surface area contributed by atoms with Gasteiger partial charge in [-0.1, -0.05) is 31.5 Å². The van der Waals surface area contributed by atoms with Gasteiger partial charge in [0.1, 0.15) is 5.54 Å². The van der Waals surface area contributed by atoms with Crippen LogP contribution in [0.2, 0.25) is 0 Å². The minimum absolute atomic E-state index is 0.0844. The first-order chi connectivity index (χ1) is 9.30. The number of benzene rings is 1. The highest BCUT2D eigenvalue weighted by atomic mass is 32.2. The number of carbonyl (C=O) groups is 1. The van der Waals surface area contributed by atoms with Gasteiger partial charge in [0.15, 0.2) is 9.84 Å². The summed E-state index contributed by atoms with van der Waals surface area (Å²) in [6.07, 6.45) is 1.15. The molecule has 1 heterocycles. The minimum Gasteiger partial charge on any atom is -0.480 e. The standard InChI is InChI=1S/C14H19NO4S/c1-3-8-14(2,13(16)17)15-11-9-20(18,19)12-7-5-4-6-10(11)12/h4-7,11,15H,3,8-9H2,1-2H3,(H,16,17). The zero-order valence-electron chi connectivity index (χ0n) is 11.6. The number of aliphatic carboxylic acids is 1. The van der Waals surface area contributed by atoms with Crippen molar-refractivity contribution in [1.29, 1.82) is 0 Å². The van der Waals surface area contributed by atoms with Gasteiger partial charge in [0, 0.05) is 6.04 Å². The molecule has 2 N–H and O–H groups in total. The molecule has 0 radical (unpaired) electrons. The fourth-order valence-electron chi connectivity index (χ4n) is 2.70. The average molecular weight is 297 g/mol. The van der Waals surface area contributed by atoms with E-state index in [1.165, 1.54) is 0 Å². The summed E-state index contributed by atoms with van der Waals surface area (Å²) in [5.41, 5.74) is -0.456. The zero-order chi connectivity index (χ0) is 15.0. The predicted octanol–water partition coefficient (Wildman–Crippen LogP) is 1.75. The summed E-state index contributed by atoms with van der Waals surface area (Å²) < 4.78 is 24.2. The van der Waals surface area contributed by atoms with E-state index < -0.39 is 27.4 Å². The zero-order valence-corrected chi connectivity index (χ0v) is 12.4. The maximum Gasteiger partial charge on any atom is 0.323 e. The monoisotopic (exact) mass is 297 g/mol. The van der Waals surface area contributed by atoms with Crippen molar-refractivity contribution in [1.82, 2.24) is 5.32 Å². The molecule has 2 unspecified atom stereocenters. The van der Waals surface area contributed by atoms with Gasteiger partial charge in [-0.15, -0.1) is 0 Å². The van der Waals surface area contributed by atoms with Crippen LogP contribution in [-0.4, -0.2) is 30.8 Å². The number of rotatable bonds is 5. The molecule has 0 saturated carbocycles. The van der Waals surface area contributed by atoms with Crippen LogP contribution in [0, 0.1) is 0 Å². The third-order valence-electron chi connectivity index (χ3n) is 3.73. The summed E-state index contributed by atoms with van der Waals surface area (Å²) >= 11 is 0. The van der Waals surface area contributed by atoms with Gasteiger partial charge in [-0.2, -0.15) is 0 Å². The van der Waals surface area contributed by atoms with Gasteiger partial charge in [-0.25, -0.2) is 8.42 Å².